The fourth-order valence-corrected chi connectivity index (χ4v) is 4.35. The number of rotatable bonds is 3. The van der Waals surface area contributed by atoms with Crippen LogP contribution in [0.5, 0.6) is 0 Å². The van der Waals surface area contributed by atoms with Gasteiger partial charge in [0, 0.05) is 31.4 Å². The Hall–Kier alpha value is -3.07. The number of carbonyl (C=O) groups is 1. The van der Waals surface area contributed by atoms with Gasteiger partial charge in [-0.2, -0.15) is 5.10 Å². The zero-order valence-corrected chi connectivity index (χ0v) is 15.9. The lowest BCUT2D eigenvalue weighted by atomic mass is 10.0. The highest BCUT2D eigenvalue weighted by Gasteiger charge is 2.34. The second kappa shape index (κ2) is 7.02. The Kier molecular flexibility index (Phi) is 4.43. The zero-order chi connectivity index (χ0) is 21.0. The van der Waals surface area contributed by atoms with E-state index in [1.165, 1.54) is 21.7 Å². The van der Waals surface area contributed by atoms with E-state index in [2.05, 4.69) is 5.10 Å². The number of aliphatic hydroxyl groups excluding tert-OH is 1. The van der Waals surface area contributed by atoms with E-state index in [1.54, 1.807) is 11.1 Å². The molecule has 0 bridgehead atoms. The molecule has 6 nitrogen and oxygen atoms in total. The molecule has 1 aromatic carbocycles. The van der Waals surface area contributed by atoms with Gasteiger partial charge in [0.25, 0.3) is 5.91 Å². The topological polar surface area (TPSA) is 61.1 Å². The van der Waals surface area contributed by atoms with E-state index in [9.17, 15) is 18.7 Å². The lowest BCUT2D eigenvalue weighted by molar-refractivity contribution is 0.00601. The highest BCUT2D eigenvalue weighted by atomic mass is 19.1. The van der Waals surface area contributed by atoms with E-state index in [1.807, 2.05) is 0 Å². The molecule has 4 heterocycles. The number of hydrogen-bond donors (Lipinski definition) is 1. The third-order valence-corrected chi connectivity index (χ3v) is 5.86. The second-order valence-corrected chi connectivity index (χ2v) is 7.75. The molecule has 0 radical (unpaired) electrons. The second-order valence-electron chi connectivity index (χ2n) is 7.75. The van der Waals surface area contributed by atoms with Crippen LogP contribution in [0.2, 0.25) is 0 Å². The van der Waals surface area contributed by atoms with Crippen molar-refractivity contribution in [1.82, 2.24) is 14.5 Å². The maximum absolute atomic E-state index is 15.6. The van der Waals surface area contributed by atoms with Crippen molar-refractivity contribution in [2.75, 3.05) is 24.5 Å². The number of β-amino-alcohol motifs (C(OH)–C–C–N with tert-alkyl or cyclic N) is 1. The number of aromatic nitrogens is 2. The Morgan fingerprint density at radius 3 is 2.73 bits per heavy atom. The fraction of sp³-hybridized carbons (Fsp3) is 0.333. The molecule has 3 aromatic rings. The van der Waals surface area contributed by atoms with Crippen molar-refractivity contribution >= 4 is 17.1 Å². The predicted molar refractivity (Wildman–Crippen MR) is 103 cm³/mol. The van der Waals surface area contributed by atoms with Crippen LogP contribution in [0.15, 0.2) is 36.7 Å². The number of aliphatic hydroxyl groups is 1. The molecule has 5 rings (SSSR count). The summed E-state index contributed by atoms with van der Waals surface area (Å²) in [6, 6.07) is 4.31. The minimum absolute atomic E-state index is 0.0317. The molecule has 2 aliphatic rings. The number of hydrogen-bond acceptors (Lipinski definition) is 4. The number of benzene rings is 1. The Bertz CT molecular complexity index is 1140. The number of nitrogens with zero attached hydrogens (tertiary/aromatic N) is 4. The van der Waals surface area contributed by atoms with Crippen LogP contribution in [0.25, 0.3) is 5.52 Å². The van der Waals surface area contributed by atoms with Crippen LogP contribution < -0.4 is 4.90 Å². The largest absolute Gasteiger partial charge is 0.389 e. The number of carbonyl (C=O) groups excluding carboxylic acids is 1. The summed E-state index contributed by atoms with van der Waals surface area (Å²) in [5.74, 6) is -2.12. The lowest BCUT2D eigenvalue weighted by Gasteiger charge is -2.35. The molecule has 0 spiro atoms. The van der Waals surface area contributed by atoms with Crippen molar-refractivity contribution in [3.05, 3.63) is 65.2 Å². The van der Waals surface area contributed by atoms with E-state index in [0.29, 0.717) is 19.4 Å². The average Bonchev–Trinajstić information content (AvgIpc) is 3.35. The summed E-state index contributed by atoms with van der Waals surface area (Å²) in [5, 5.41) is 13.5. The summed E-state index contributed by atoms with van der Waals surface area (Å²) in [5.41, 5.74) is 0.538. The Labute approximate surface area is 170 Å². The first-order chi connectivity index (χ1) is 14.4. The number of fused-ring (bicyclic) bond motifs is 1. The van der Waals surface area contributed by atoms with Crippen LogP contribution in [0.1, 0.15) is 34.8 Å². The highest BCUT2D eigenvalue weighted by molar-refractivity contribution is 6.01. The number of likely N-dealkylation sites (tertiary alicyclic amines) is 1. The molecule has 0 saturated carbocycles. The normalized spacial score (nSPS) is 19.5. The monoisotopic (exact) mass is 416 g/mol. The summed E-state index contributed by atoms with van der Waals surface area (Å²) in [7, 11) is 0. The van der Waals surface area contributed by atoms with Gasteiger partial charge < -0.3 is 14.9 Å². The van der Waals surface area contributed by atoms with Gasteiger partial charge >= 0.3 is 0 Å². The van der Waals surface area contributed by atoms with Crippen LogP contribution in [-0.2, 0) is 0 Å². The molecule has 1 N–H and O–H groups in total. The first-order valence-electron chi connectivity index (χ1n) is 9.79. The molecule has 2 saturated heterocycles. The Morgan fingerprint density at radius 2 is 1.97 bits per heavy atom. The zero-order valence-electron chi connectivity index (χ0n) is 15.9. The standard InChI is InChI=1S/C21H19F3N4O2/c22-12-3-4-16(23)14(8-12)17-2-1-6-27(17)18-5-7-28-20(19(18)24)15(9-25-28)21(30)26-10-13(29)11-26/h3-5,7-9,13,17,29H,1-2,6,10-11H2/t17-/m1/s1. The number of halogens is 3. The van der Waals surface area contributed by atoms with E-state index < -0.39 is 35.5 Å². The van der Waals surface area contributed by atoms with Gasteiger partial charge in [-0.1, -0.05) is 0 Å². The van der Waals surface area contributed by atoms with E-state index in [0.717, 1.165) is 18.2 Å². The van der Waals surface area contributed by atoms with Crippen LogP contribution in [0, 0.1) is 17.5 Å². The van der Waals surface area contributed by atoms with E-state index >= 15 is 4.39 Å². The van der Waals surface area contributed by atoms with Gasteiger partial charge in [-0.05, 0) is 37.1 Å². The number of pyridine rings is 1. The van der Waals surface area contributed by atoms with Crippen molar-refractivity contribution in [3.8, 4) is 0 Å². The summed E-state index contributed by atoms with van der Waals surface area (Å²) < 4.78 is 45.0. The molecule has 1 amide bonds. The molecule has 0 unspecified atom stereocenters. The molecule has 156 valence electrons. The maximum Gasteiger partial charge on any atom is 0.257 e. The molecule has 1 atom stereocenters. The van der Waals surface area contributed by atoms with E-state index in [-0.39, 0.29) is 35.4 Å². The highest BCUT2D eigenvalue weighted by Crippen LogP contribution is 2.39. The van der Waals surface area contributed by atoms with Gasteiger partial charge in [-0.3, -0.25) is 4.79 Å². The van der Waals surface area contributed by atoms with Crippen molar-refractivity contribution in [2.45, 2.75) is 25.0 Å². The van der Waals surface area contributed by atoms with Gasteiger partial charge in [0.15, 0.2) is 5.82 Å². The summed E-state index contributed by atoms with van der Waals surface area (Å²) in [6.45, 7) is 0.874. The SMILES string of the molecule is O=C(c1cnn2ccc(N3CCC[C@@H]3c3cc(F)ccc3F)c(F)c12)N1CC(O)C1. The van der Waals surface area contributed by atoms with Crippen LogP contribution in [-0.4, -0.2) is 51.3 Å². The van der Waals surface area contributed by atoms with Gasteiger partial charge in [-0.25, -0.2) is 17.7 Å². The molecular formula is C21H19F3N4O2. The summed E-state index contributed by atoms with van der Waals surface area (Å²) in [6.07, 6.45) is 3.54. The Balaban J connectivity index is 1.56. The molecule has 2 fully saturated rings. The molecule has 0 aliphatic carbocycles. The minimum Gasteiger partial charge on any atom is -0.389 e. The Morgan fingerprint density at radius 1 is 1.17 bits per heavy atom. The van der Waals surface area contributed by atoms with Crippen molar-refractivity contribution < 1.29 is 23.1 Å². The fourth-order valence-electron chi connectivity index (χ4n) is 4.35. The van der Waals surface area contributed by atoms with Gasteiger partial charge in [-0.15, -0.1) is 0 Å². The molecule has 30 heavy (non-hydrogen) atoms. The predicted octanol–water partition coefficient (Wildman–Crippen LogP) is 2.91. The van der Waals surface area contributed by atoms with Gasteiger partial charge in [0.05, 0.1) is 29.6 Å². The average molecular weight is 416 g/mol. The van der Waals surface area contributed by atoms with Crippen LogP contribution in [0.3, 0.4) is 0 Å². The molecule has 2 aromatic heterocycles. The number of amides is 1. The minimum atomic E-state index is -0.636. The van der Waals surface area contributed by atoms with Gasteiger partial charge in [0.1, 0.15) is 17.2 Å². The first kappa shape index (κ1) is 18.9. The third kappa shape index (κ3) is 2.92. The lowest BCUT2D eigenvalue weighted by Crippen LogP contribution is -2.53. The molecular weight excluding hydrogens is 397 g/mol. The third-order valence-electron chi connectivity index (χ3n) is 5.86. The summed E-state index contributed by atoms with van der Waals surface area (Å²) >= 11 is 0. The smallest absolute Gasteiger partial charge is 0.257 e. The van der Waals surface area contributed by atoms with Gasteiger partial charge in [0.2, 0.25) is 0 Å². The van der Waals surface area contributed by atoms with Crippen molar-refractivity contribution in [1.29, 1.82) is 0 Å². The number of anilines is 1. The molecule has 2 aliphatic heterocycles. The maximum atomic E-state index is 15.6. The van der Waals surface area contributed by atoms with Crippen LogP contribution in [0.4, 0.5) is 18.9 Å². The quantitative estimate of drug-likeness (QED) is 0.713. The van der Waals surface area contributed by atoms with E-state index in [4.69, 9.17) is 0 Å². The summed E-state index contributed by atoms with van der Waals surface area (Å²) in [4.78, 5) is 15.8. The van der Waals surface area contributed by atoms with Crippen molar-refractivity contribution in [3.63, 3.8) is 0 Å². The first-order valence-corrected chi connectivity index (χ1v) is 9.79. The van der Waals surface area contributed by atoms with Crippen LogP contribution >= 0.6 is 0 Å². The molecule has 9 heteroatoms. The van der Waals surface area contributed by atoms with Crippen molar-refractivity contribution in [2.24, 2.45) is 0 Å².